The Labute approximate surface area is 195 Å². The summed E-state index contributed by atoms with van der Waals surface area (Å²) in [6, 6.07) is 21.9. The maximum absolute atomic E-state index is 13.0. The number of nitrogens with one attached hydrogen (secondary N) is 1. The number of hydrogen-bond donors (Lipinski definition) is 1. The van der Waals surface area contributed by atoms with Crippen LogP contribution in [0.25, 0.3) is 0 Å². The van der Waals surface area contributed by atoms with Gasteiger partial charge in [0.05, 0.1) is 25.1 Å². The van der Waals surface area contributed by atoms with Crippen molar-refractivity contribution < 1.29 is 22.7 Å². The molecule has 3 aromatic carbocycles. The highest BCUT2D eigenvalue weighted by atomic mass is 32.2. The van der Waals surface area contributed by atoms with Crippen LogP contribution in [0.15, 0.2) is 78.9 Å². The molecule has 3 aromatic rings. The highest BCUT2D eigenvalue weighted by Crippen LogP contribution is 2.28. The van der Waals surface area contributed by atoms with E-state index in [2.05, 4.69) is 5.32 Å². The third kappa shape index (κ3) is 6.04. The molecule has 0 saturated carbocycles. The largest absolute Gasteiger partial charge is 0.496 e. The summed E-state index contributed by atoms with van der Waals surface area (Å²) in [4.78, 5) is 13.0. The van der Waals surface area contributed by atoms with Crippen molar-refractivity contribution in [2.45, 2.75) is 25.9 Å². The quantitative estimate of drug-likeness (QED) is 0.499. The first kappa shape index (κ1) is 24.1. The molecule has 0 heterocycles. The second-order valence-electron chi connectivity index (χ2n) is 7.62. The van der Waals surface area contributed by atoms with Gasteiger partial charge in [0.1, 0.15) is 23.3 Å². The fourth-order valence-corrected chi connectivity index (χ4v) is 4.71. The van der Waals surface area contributed by atoms with Gasteiger partial charge in [0.25, 0.3) is 0 Å². The summed E-state index contributed by atoms with van der Waals surface area (Å²) in [5.74, 6) is 1.44. The Morgan fingerprint density at radius 1 is 0.879 bits per heavy atom. The topological polar surface area (TPSA) is 84.9 Å². The minimum absolute atomic E-state index is 0.366. The molecule has 1 N–H and O–H groups in total. The summed E-state index contributed by atoms with van der Waals surface area (Å²) in [5, 5.41) is 2.89. The van der Waals surface area contributed by atoms with Crippen LogP contribution in [0.4, 0.5) is 5.69 Å². The molecule has 8 heteroatoms. The van der Waals surface area contributed by atoms with Gasteiger partial charge in [-0.2, -0.15) is 0 Å². The lowest BCUT2D eigenvalue weighted by atomic mass is 10.1. The number of carbonyl (C=O) groups is 1. The zero-order valence-corrected chi connectivity index (χ0v) is 19.9. The van der Waals surface area contributed by atoms with E-state index in [1.807, 2.05) is 61.5 Å². The standard InChI is InChI=1S/C25H28N2O5S/c1-18(23-12-8-9-13-24(23)31-3)26-25(28)19(2)27(33(4,29)30)20-14-16-22(17-15-20)32-21-10-6-5-7-11-21/h5-19H,1-4H3,(H,26,28)/t18-,19+/m1/s1. The van der Waals surface area contributed by atoms with E-state index in [1.54, 1.807) is 38.3 Å². The number of benzene rings is 3. The van der Waals surface area contributed by atoms with Crippen molar-refractivity contribution in [2.75, 3.05) is 17.7 Å². The number of para-hydroxylation sites is 2. The summed E-state index contributed by atoms with van der Waals surface area (Å²) < 4.78 is 37.4. The second kappa shape index (κ2) is 10.4. The van der Waals surface area contributed by atoms with Crippen molar-refractivity contribution in [3.63, 3.8) is 0 Å². The van der Waals surface area contributed by atoms with E-state index >= 15 is 0 Å². The third-order valence-electron chi connectivity index (χ3n) is 5.12. The van der Waals surface area contributed by atoms with Crippen molar-refractivity contribution in [1.82, 2.24) is 5.32 Å². The maximum atomic E-state index is 13.0. The van der Waals surface area contributed by atoms with E-state index in [4.69, 9.17) is 9.47 Å². The molecule has 0 saturated heterocycles. The maximum Gasteiger partial charge on any atom is 0.244 e. The number of carbonyl (C=O) groups excluding carboxylic acids is 1. The lowest BCUT2D eigenvalue weighted by molar-refractivity contribution is -0.122. The zero-order valence-electron chi connectivity index (χ0n) is 19.1. The van der Waals surface area contributed by atoms with E-state index in [0.717, 1.165) is 16.1 Å². The lowest BCUT2D eigenvalue weighted by Crippen LogP contribution is -2.48. The number of amides is 1. The minimum Gasteiger partial charge on any atom is -0.496 e. The Hall–Kier alpha value is -3.52. The molecule has 0 bridgehead atoms. The Balaban J connectivity index is 1.78. The van der Waals surface area contributed by atoms with Gasteiger partial charge in [-0.3, -0.25) is 9.10 Å². The number of methoxy groups -OCH3 is 1. The molecule has 33 heavy (non-hydrogen) atoms. The van der Waals surface area contributed by atoms with Crippen molar-refractivity contribution in [3.05, 3.63) is 84.4 Å². The molecule has 0 fully saturated rings. The van der Waals surface area contributed by atoms with E-state index < -0.39 is 22.0 Å². The summed E-state index contributed by atoms with van der Waals surface area (Å²) in [5.41, 5.74) is 1.17. The summed E-state index contributed by atoms with van der Waals surface area (Å²) >= 11 is 0. The number of rotatable bonds is 9. The van der Waals surface area contributed by atoms with Gasteiger partial charge in [-0.1, -0.05) is 36.4 Å². The van der Waals surface area contributed by atoms with Gasteiger partial charge in [-0.15, -0.1) is 0 Å². The molecule has 0 aromatic heterocycles. The fraction of sp³-hybridized carbons (Fsp3) is 0.240. The van der Waals surface area contributed by atoms with Gasteiger partial charge >= 0.3 is 0 Å². The zero-order chi connectivity index (χ0) is 24.0. The molecule has 3 rings (SSSR count). The van der Waals surface area contributed by atoms with E-state index in [9.17, 15) is 13.2 Å². The van der Waals surface area contributed by atoms with E-state index in [1.165, 1.54) is 0 Å². The smallest absolute Gasteiger partial charge is 0.244 e. The van der Waals surface area contributed by atoms with Gasteiger partial charge in [0, 0.05) is 5.56 Å². The Bertz CT molecular complexity index is 1180. The van der Waals surface area contributed by atoms with Crippen LogP contribution in [0.5, 0.6) is 17.2 Å². The van der Waals surface area contributed by atoms with Crippen LogP contribution < -0.4 is 19.1 Å². The molecular formula is C25H28N2O5S. The highest BCUT2D eigenvalue weighted by molar-refractivity contribution is 7.92. The first-order valence-electron chi connectivity index (χ1n) is 10.5. The molecule has 2 atom stereocenters. The monoisotopic (exact) mass is 468 g/mol. The van der Waals surface area contributed by atoms with E-state index in [0.29, 0.717) is 22.9 Å². The summed E-state index contributed by atoms with van der Waals surface area (Å²) in [6.07, 6.45) is 1.08. The Morgan fingerprint density at radius 3 is 2.06 bits per heavy atom. The van der Waals surface area contributed by atoms with Gasteiger partial charge in [0.15, 0.2) is 0 Å². The van der Waals surface area contributed by atoms with Crippen molar-refractivity contribution in [1.29, 1.82) is 0 Å². The first-order chi connectivity index (χ1) is 15.7. The predicted octanol–water partition coefficient (Wildman–Crippen LogP) is 4.52. The molecule has 0 spiro atoms. The molecule has 0 radical (unpaired) electrons. The molecule has 0 aliphatic carbocycles. The molecule has 0 aliphatic heterocycles. The van der Waals surface area contributed by atoms with Gasteiger partial charge in [-0.05, 0) is 56.3 Å². The average Bonchev–Trinajstić information content (AvgIpc) is 2.80. The van der Waals surface area contributed by atoms with Crippen LogP contribution in [-0.4, -0.2) is 33.7 Å². The Kier molecular flexibility index (Phi) is 7.60. The number of hydrogen-bond acceptors (Lipinski definition) is 5. The van der Waals surface area contributed by atoms with Crippen molar-refractivity contribution in [2.24, 2.45) is 0 Å². The fourth-order valence-electron chi connectivity index (χ4n) is 3.53. The minimum atomic E-state index is -3.74. The SMILES string of the molecule is COc1ccccc1[C@@H](C)NC(=O)[C@H](C)N(c1ccc(Oc2ccccc2)cc1)S(C)(=O)=O. The van der Waals surface area contributed by atoms with Crippen LogP contribution >= 0.6 is 0 Å². The molecule has 0 unspecified atom stereocenters. The van der Waals surface area contributed by atoms with Gasteiger partial charge < -0.3 is 14.8 Å². The first-order valence-corrected chi connectivity index (χ1v) is 12.3. The number of ether oxygens (including phenoxy) is 2. The summed E-state index contributed by atoms with van der Waals surface area (Å²) in [6.45, 7) is 3.38. The number of anilines is 1. The molecule has 174 valence electrons. The number of nitrogens with zero attached hydrogens (tertiary/aromatic N) is 1. The molecule has 0 aliphatic rings. The average molecular weight is 469 g/mol. The number of sulfonamides is 1. The predicted molar refractivity (Wildman–Crippen MR) is 129 cm³/mol. The van der Waals surface area contributed by atoms with Crippen LogP contribution in [0, 0.1) is 0 Å². The lowest BCUT2D eigenvalue weighted by Gasteiger charge is -2.29. The van der Waals surface area contributed by atoms with Gasteiger partial charge in [0.2, 0.25) is 15.9 Å². The molecule has 7 nitrogen and oxygen atoms in total. The van der Waals surface area contributed by atoms with Crippen LogP contribution in [0.1, 0.15) is 25.5 Å². The Morgan fingerprint density at radius 2 is 1.45 bits per heavy atom. The normalized spacial score (nSPS) is 13.0. The van der Waals surface area contributed by atoms with Crippen LogP contribution in [0.3, 0.4) is 0 Å². The second-order valence-corrected chi connectivity index (χ2v) is 9.48. The highest BCUT2D eigenvalue weighted by Gasteiger charge is 2.30. The van der Waals surface area contributed by atoms with E-state index in [-0.39, 0.29) is 6.04 Å². The van der Waals surface area contributed by atoms with Crippen molar-refractivity contribution in [3.8, 4) is 17.2 Å². The van der Waals surface area contributed by atoms with Crippen LogP contribution in [-0.2, 0) is 14.8 Å². The summed E-state index contributed by atoms with van der Waals surface area (Å²) in [7, 11) is -2.18. The van der Waals surface area contributed by atoms with Crippen LogP contribution in [0.2, 0.25) is 0 Å². The molecular weight excluding hydrogens is 440 g/mol. The third-order valence-corrected chi connectivity index (χ3v) is 6.36. The molecule has 1 amide bonds. The van der Waals surface area contributed by atoms with Gasteiger partial charge in [-0.25, -0.2) is 8.42 Å². The van der Waals surface area contributed by atoms with Crippen molar-refractivity contribution >= 4 is 21.6 Å².